The number of nitrogens with zero attached hydrogens (tertiary/aromatic N) is 3. The number of aliphatic hydroxyl groups excluding tert-OH is 1. The van der Waals surface area contributed by atoms with Gasteiger partial charge in [-0.2, -0.15) is 0 Å². The van der Waals surface area contributed by atoms with Crippen molar-refractivity contribution in [2.45, 2.75) is 25.3 Å². The lowest BCUT2D eigenvalue weighted by atomic mass is 10.2. The summed E-state index contributed by atoms with van der Waals surface area (Å²) >= 11 is 1.78. The van der Waals surface area contributed by atoms with Gasteiger partial charge in [0.1, 0.15) is 18.0 Å². The molecule has 1 unspecified atom stereocenters. The Hall–Kier alpha value is -1.66. The van der Waals surface area contributed by atoms with E-state index in [4.69, 9.17) is 0 Å². The van der Waals surface area contributed by atoms with Crippen molar-refractivity contribution in [2.24, 2.45) is 0 Å². The van der Waals surface area contributed by atoms with E-state index in [2.05, 4.69) is 37.7 Å². The van der Waals surface area contributed by atoms with E-state index in [1.165, 1.54) is 4.88 Å². The van der Waals surface area contributed by atoms with Crippen LogP contribution in [0.15, 0.2) is 29.9 Å². The first-order chi connectivity index (χ1) is 10.4. The van der Waals surface area contributed by atoms with Gasteiger partial charge in [-0.1, -0.05) is 6.07 Å². The third kappa shape index (κ3) is 3.51. The summed E-state index contributed by atoms with van der Waals surface area (Å²) in [6, 6.07) is 6.39. The Labute approximate surface area is 128 Å². The highest BCUT2D eigenvalue weighted by Gasteiger charge is 2.24. The molecule has 0 bridgehead atoms. The zero-order valence-corrected chi connectivity index (χ0v) is 12.7. The van der Waals surface area contributed by atoms with Crippen molar-refractivity contribution in [1.29, 1.82) is 0 Å². The number of nitrogens with one attached hydrogen (secondary N) is 1. The smallest absolute Gasteiger partial charge is 0.134 e. The van der Waals surface area contributed by atoms with E-state index in [0.717, 1.165) is 44.0 Å². The van der Waals surface area contributed by atoms with Crippen molar-refractivity contribution in [1.82, 2.24) is 9.97 Å². The van der Waals surface area contributed by atoms with Crippen LogP contribution in [0, 0.1) is 0 Å². The lowest BCUT2D eigenvalue weighted by Gasteiger charge is -2.24. The Kier molecular flexibility index (Phi) is 4.67. The summed E-state index contributed by atoms with van der Waals surface area (Å²) in [4.78, 5) is 12.2. The molecule has 0 saturated carbocycles. The Morgan fingerprint density at radius 2 is 2.38 bits per heavy atom. The maximum atomic E-state index is 9.41. The molecular weight excluding hydrogens is 284 g/mol. The summed E-state index contributed by atoms with van der Waals surface area (Å²) in [6.45, 7) is 2.00. The minimum atomic E-state index is 0.186. The summed E-state index contributed by atoms with van der Waals surface area (Å²) < 4.78 is 0. The fourth-order valence-electron chi connectivity index (χ4n) is 2.70. The molecule has 112 valence electrons. The van der Waals surface area contributed by atoms with Crippen LogP contribution in [0.25, 0.3) is 0 Å². The molecule has 1 aliphatic heterocycles. The maximum absolute atomic E-state index is 9.41. The number of hydrogen-bond acceptors (Lipinski definition) is 6. The maximum Gasteiger partial charge on any atom is 0.134 e. The van der Waals surface area contributed by atoms with Gasteiger partial charge in [0.15, 0.2) is 0 Å². The highest BCUT2D eigenvalue weighted by atomic mass is 32.1. The fourth-order valence-corrected chi connectivity index (χ4v) is 3.41. The largest absolute Gasteiger partial charge is 0.394 e. The zero-order valence-electron chi connectivity index (χ0n) is 11.9. The number of aliphatic hydroxyl groups is 1. The molecule has 0 amide bonds. The molecule has 6 heteroatoms. The Morgan fingerprint density at radius 1 is 1.43 bits per heavy atom. The van der Waals surface area contributed by atoms with Crippen molar-refractivity contribution in [2.75, 3.05) is 29.9 Å². The van der Waals surface area contributed by atoms with Gasteiger partial charge in [0, 0.05) is 24.0 Å². The van der Waals surface area contributed by atoms with Crippen molar-refractivity contribution in [3.05, 3.63) is 34.8 Å². The normalized spacial score (nSPS) is 18.1. The van der Waals surface area contributed by atoms with Crippen LogP contribution in [0.4, 0.5) is 11.6 Å². The first-order valence-corrected chi connectivity index (χ1v) is 8.20. The summed E-state index contributed by atoms with van der Waals surface area (Å²) in [5.74, 6) is 1.75. The van der Waals surface area contributed by atoms with Crippen LogP contribution in [0.5, 0.6) is 0 Å². The molecule has 2 aromatic heterocycles. The zero-order chi connectivity index (χ0) is 14.5. The van der Waals surface area contributed by atoms with Crippen molar-refractivity contribution < 1.29 is 5.11 Å². The van der Waals surface area contributed by atoms with E-state index >= 15 is 0 Å². The molecule has 1 atom stereocenters. The second kappa shape index (κ2) is 6.87. The summed E-state index contributed by atoms with van der Waals surface area (Å²) in [5, 5.41) is 14.9. The predicted molar refractivity (Wildman–Crippen MR) is 86.0 cm³/mol. The van der Waals surface area contributed by atoms with Crippen LogP contribution in [0.2, 0.25) is 0 Å². The Balaban J connectivity index is 1.60. The second-order valence-corrected chi connectivity index (χ2v) is 6.22. The monoisotopic (exact) mass is 304 g/mol. The highest BCUT2D eigenvalue weighted by Crippen LogP contribution is 2.24. The van der Waals surface area contributed by atoms with E-state index in [-0.39, 0.29) is 12.6 Å². The number of hydrogen-bond donors (Lipinski definition) is 2. The molecule has 3 rings (SSSR count). The van der Waals surface area contributed by atoms with E-state index in [1.807, 2.05) is 6.07 Å². The minimum absolute atomic E-state index is 0.186. The summed E-state index contributed by atoms with van der Waals surface area (Å²) in [7, 11) is 0. The first kappa shape index (κ1) is 14.3. The molecule has 3 heterocycles. The number of rotatable bonds is 6. The molecular formula is C15H20N4OS. The van der Waals surface area contributed by atoms with Gasteiger partial charge in [0.2, 0.25) is 0 Å². The van der Waals surface area contributed by atoms with Crippen LogP contribution in [0.1, 0.15) is 17.7 Å². The molecule has 0 radical (unpaired) electrons. The van der Waals surface area contributed by atoms with Gasteiger partial charge in [0.05, 0.1) is 12.6 Å². The van der Waals surface area contributed by atoms with Gasteiger partial charge in [-0.3, -0.25) is 0 Å². The molecule has 5 nitrogen and oxygen atoms in total. The third-order valence-corrected chi connectivity index (χ3v) is 4.73. The quantitative estimate of drug-likeness (QED) is 0.856. The number of thiophene rings is 1. The molecule has 1 fully saturated rings. The summed E-state index contributed by atoms with van der Waals surface area (Å²) in [5.41, 5.74) is 0. The Morgan fingerprint density at radius 3 is 3.19 bits per heavy atom. The van der Waals surface area contributed by atoms with Crippen molar-refractivity contribution in [3.8, 4) is 0 Å². The van der Waals surface area contributed by atoms with Crippen LogP contribution < -0.4 is 10.2 Å². The first-order valence-electron chi connectivity index (χ1n) is 7.32. The van der Waals surface area contributed by atoms with Crippen LogP contribution in [0.3, 0.4) is 0 Å². The van der Waals surface area contributed by atoms with E-state index in [0.29, 0.717) is 0 Å². The lowest BCUT2D eigenvalue weighted by molar-refractivity contribution is 0.266. The van der Waals surface area contributed by atoms with Gasteiger partial charge in [-0.15, -0.1) is 11.3 Å². The van der Waals surface area contributed by atoms with E-state index in [9.17, 15) is 5.11 Å². The molecule has 21 heavy (non-hydrogen) atoms. The second-order valence-electron chi connectivity index (χ2n) is 5.19. The minimum Gasteiger partial charge on any atom is -0.394 e. The molecule has 0 aliphatic carbocycles. The standard InChI is InChI=1S/C15H20N4OS/c20-10-12-3-1-7-19(12)15-9-14(17-11-18-15)16-6-5-13-4-2-8-21-13/h2,4,8-9,11-12,20H,1,3,5-7,10H2,(H,16,17,18). The number of anilines is 2. The number of aromatic nitrogens is 2. The van der Waals surface area contributed by atoms with Crippen molar-refractivity contribution in [3.63, 3.8) is 0 Å². The average molecular weight is 304 g/mol. The van der Waals surface area contributed by atoms with Gasteiger partial charge < -0.3 is 15.3 Å². The Bertz CT molecular complexity index is 561. The van der Waals surface area contributed by atoms with Crippen LogP contribution >= 0.6 is 11.3 Å². The van der Waals surface area contributed by atoms with E-state index in [1.54, 1.807) is 17.7 Å². The van der Waals surface area contributed by atoms with Gasteiger partial charge in [-0.25, -0.2) is 9.97 Å². The van der Waals surface area contributed by atoms with Crippen LogP contribution in [-0.2, 0) is 6.42 Å². The van der Waals surface area contributed by atoms with Crippen LogP contribution in [-0.4, -0.2) is 40.8 Å². The predicted octanol–water partition coefficient (Wildman–Crippen LogP) is 2.15. The SMILES string of the molecule is OCC1CCCN1c1cc(NCCc2cccs2)ncn1. The average Bonchev–Trinajstić information content (AvgIpc) is 3.18. The molecule has 1 saturated heterocycles. The lowest BCUT2D eigenvalue weighted by Crippen LogP contribution is -2.32. The van der Waals surface area contributed by atoms with Crippen molar-refractivity contribution >= 4 is 23.0 Å². The molecule has 0 aromatic carbocycles. The molecule has 0 spiro atoms. The molecule has 2 aromatic rings. The fraction of sp³-hybridized carbons (Fsp3) is 0.467. The summed E-state index contributed by atoms with van der Waals surface area (Å²) in [6.07, 6.45) is 4.73. The van der Waals surface area contributed by atoms with Gasteiger partial charge in [-0.05, 0) is 30.7 Å². The van der Waals surface area contributed by atoms with Gasteiger partial charge >= 0.3 is 0 Å². The van der Waals surface area contributed by atoms with E-state index < -0.39 is 0 Å². The highest BCUT2D eigenvalue weighted by molar-refractivity contribution is 7.09. The molecule has 2 N–H and O–H groups in total. The molecule has 1 aliphatic rings. The van der Waals surface area contributed by atoms with Gasteiger partial charge in [0.25, 0.3) is 0 Å². The topological polar surface area (TPSA) is 61.3 Å². The third-order valence-electron chi connectivity index (χ3n) is 3.79.